The molecule has 0 saturated carbocycles. The van der Waals surface area contributed by atoms with Crippen molar-refractivity contribution in [2.45, 2.75) is 26.3 Å². The quantitative estimate of drug-likeness (QED) is 0.864. The van der Waals surface area contributed by atoms with Crippen LogP contribution in [-0.4, -0.2) is 31.5 Å². The smallest absolute Gasteiger partial charge is 0.231 e. The molecule has 1 aliphatic heterocycles. The zero-order valence-electron chi connectivity index (χ0n) is 14.7. The zero-order valence-corrected chi connectivity index (χ0v) is 14.7. The first-order chi connectivity index (χ1) is 12.0. The maximum Gasteiger partial charge on any atom is 0.231 e. The molecule has 2 aromatic rings. The van der Waals surface area contributed by atoms with E-state index in [1.807, 2.05) is 55.5 Å². The third kappa shape index (κ3) is 3.22. The van der Waals surface area contributed by atoms with E-state index in [0.29, 0.717) is 12.3 Å². The SMILES string of the molecule is COc1ccccc1CC(=O)N1CC(C)N(C(C)=O)c2ccccc21. The number of para-hydroxylation sites is 3. The van der Waals surface area contributed by atoms with Crippen molar-refractivity contribution < 1.29 is 14.3 Å². The average Bonchev–Trinajstić information content (AvgIpc) is 2.61. The molecule has 0 spiro atoms. The first-order valence-electron chi connectivity index (χ1n) is 8.34. The second kappa shape index (κ2) is 6.97. The molecule has 25 heavy (non-hydrogen) atoms. The molecule has 3 rings (SSSR count). The van der Waals surface area contributed by atoms with Crippen LogP contribution in [0.25, 0.3) is 0 Å². The number of methoxy groups -OCH3 is 1. The van der Waals surface area contributed by atoms with Gasteiger partial charge < -0.3 is 14.5 Å². The number of anilines is 2. The Morgan fingerprint density at radius 3 is 2.40 bits per heavy atom. The van der Waals surface area contributed by atoms with Crippen LogP contribution >= 0.6 is 0 Å². The molecule has 0 fully saturated rings. The fourth-order valence-corrected chi connectivity index (χ4v) is 3.40. The second-order valence-corrected chi connectivity index (χ2v) is 6.22. The van der Waals surface area contributed by atoms with Crippen molar-refractivity contribution in [1.29, 1.82) is 0 Å². The number of fused-ring (bicyclic) bond motifs is 1. The van der Waals surface area contributed by atoms with E-state index in [4.69, 9.17) is 4.74 Å². The number of amides is 2. The minimum Gasteiger partial charge on any atom is -0.496 e. The summed E-state index contributed by atoms with van der Waals surface area (Å²) < 4.78 is 5.35. The number of rotatable bonds is 3. The van der Waals surface area contributed by atoms with Gasteiger partial charge in [-0.1, -0.05) is 30.3 Å². The molecule has 5 nitrogen and oxygen atoms in total. The van der Waals surface area contributed by atoms with E-state index >= 15 is 0 Å². The maximum atomic E-state index is 13.0. The Balaban J connectivity index is 1.93. The molecule has 0 bridgehead atoms. The van der Waals surface area contributed by atoms with Crippen LogP contribution in [0.2, 0.25) is 0 Å². The van der Waals surface area contributed by atoms with Crippen LogP contribution in [0.4, 0.5) is 11.4 Å². The minimum atomic E-state index is -0.0750. The summed E-state index contributed by atoms with van der Waals surface area (Å²) in [6.45, 7) is 3.99. The molecule has 1 aliphatic rings. The Hall–Kier alpha value is -2.82. The molecule has 1 atom stereocenters. The second-order valence-electron chi connectivity index (χ2n) is 6.22. The molecule has 0 saturated heterocycles. The third-order valence-electron chi connectivity index (χ3n) is 4.49. The molecule has 0 radical (unpaired) electrons. The molecule has 130 valence electrons. The van der Waals surface area contributed by atoms with Crippen molar-refractivity contribution in [3.8, 4) is 5.75 Å². The Morgan fingerprint density at radius 2 is 1.72 bits per heavy atom. The molecular formula is C20H22N2O3. The van der Waals surface area contributed by atoms with Gasteiger partial charge in [0.05, 0.1) is 30.9 Å². The van der Waals surface area contributed by atoms with Crippen LogP contribution in [-0.2, 0) is 16.0 Å². The van der Waals surface area contributed by atoms with Gasteiger partial charge in [-0.2, -0.15) is 0 Å². The molecule has 1 heterocycles. The lowest BCUT2D eigenvalue weighted by molar-refractivity contribution is -0.119. The highest BCUT2D eigenvalue weighted by Crippen LogP contribution is 2.36. The Morgan fingerprint density at radius 1 is 1.08 bits per heavy atom. The summed E-state index contributed by atoms with van der Waals surface area (Å²) in [6, 6.07) is 15.0. The van der Waals surface area contributed by atoms with Crippen LogP contribution in [0.5, 0.6) is 5.75 Å². The summed E-state index contributed by atoms with van der Waals surface area (Å²) in [7, 11) is 1.60. The van der Waals surface area contributed by atoms with Gasteiger partial charge >= 0.3 is 0 Å². The fourth-order valence-electron chi connectivity index (χ4n) is 3.40. The topological polar surface area (TPSA) is 49.9 Å². The molecule has 0 aromatic heterocycles. The van der Waals surface area contributed by atoms with Crippen molar-refractivity contribution >= 4 is 23.2 Å². The standard InChI is InChI=1S/C20H22N2O3/c1-14-13-21(17-9-5-6-10-18(17)22(14)15(2)23)20(24)12-16-8-4-7-11-19(16)25-3/h4-11,14H,12-13H2,1-3H3. The number of nitrogens with zero attached hydrogens (tertiary/aromatic N) is 2. The lowest BCUT2D eigenvalue weighted by Crippen LogP contribution is -2.51. The first kappa shape index (κ1) is 17.0. The summed E-state index contributed by atoms with van der Waals surface area (Å²) in [4.78, 5) is 28.5. The van der Waals surface area contributed by atoms with Crippen molar-refractivity contribution in [2.75, 3.05) is 23.5 Å². The molecule has 0 N–H and O–H groups in total. The first-order valence-corrected chi connectivity index (χ1v) is 8.34. The number of hydrogen-bond acceptors (Lipinski definition) is 3. The summed E-state index contributed by atoms with van der Waals surface area (Å²) in [5.41, 5.74) is 2.41. The highest BCUT2D eigenvalue weighted by atomic mass is 16.5. The van der Waals surface area contributed by atoms with E-state index in [-0.39, 0.29) is 24.3 Å². The monoisotopic (exact) mass is 338 g/mol. The van der Waals surface area contributed by atoms with Crippen LogP contribution in [0.15, 0.2) is 48.5 Å². The molecule has 2 aromatic carbocycles. The predicted molar refractivity (Wildman–Crippen MR) is 98.1 cm³/mol. The van der Waals surface area contributed by atoms with Crippen molar-refractivity contribution in [2.24, 2.45) is 0 Å². The van der Waals surface area contributed by atoms with E-state index in [2.05, 4.69) is 0 Å². The summed E-state index contributed by atoms with van der Waals surface area (Å²) in [5.74, 6) is 0.684. The number of hydrogen-bond donors (Lipinski definition) is 0. The Bertz CT molecular complexity index is 803. The normalized spacial score (nSPS) is 16.4. The summed E-state index contributed by atoms with van der Waals surface area (Å²) >= 11 is 0. The Kier molecular flexibility index (Phi) is 4.74. The van der Waals surface area contributed by atoms with Crippen LogP contribution in [0.1, 0.15) is 19.4 Å². The number of benzene rings is 2. The van der Waals surface area contributed by atoms with Crippen molar-refractivity contribution in [3.05, 3.63) is 54.1 Å². The lowest BCUT2D eigenvalue weighted by Gasteiger charge is -2.40. The van der Waals surface area contributed by atoms with Crippen LogP contribution < -0.4 is 14.5 Å². The van der Waals surface area contributed by atoms with Gasteiger partial charge in [-0.15, -0.1) is 0 Å². The van der Waals surface area contributed by atoms with Crippen LogP contribution in [0, 0.1) is 0 Å². The maximum absolute atomic E-state index is 13.0. The highest BCUT2D eigenvalue weighted by Gasteiger charge is 2.33. The number of ether oxygens (including phenoxy) is 1. The fraction of sp³-hybridized carbons (Fsp3) is 0.300. The molecule has 0 aliphatic carbocycles. The zero-order chi connectivity index (χ0) is 18.0. The van der Waals surface area contributed by atoms with E-state index in [1.165, 1.54) is 0 Å². The molecule has 2 amide bonds. The predicted octanol–water partition coefficient (Wildman–Crippen LogP) is 3.03. The van der Waals surface area contributed by atoms with Crippen molar-refractivity contribution in [1.82, 2.24) is 0 Å². The highest BCUT2D eigenvalue weighted by molar-refractivity contribution is 6.04. The van der Waals surface area contributed by atoms with Gasteiger partial charge in [-0.25, -0.2) is 0 Å². The van der Waals surface area contributed by atoms with Gasteiger partial charge in [0.25, 0.3) is 0 Å². The average molecular weight is 338 g/mol. The van der Waals surface area contributed by atoms with Crippen molar-refractivity contribution in [3.63, 3.8) is 0 Å². The van der Waals surface area contributed by atoms with Gasteiger partial charge in [0.2, 0.25) is 11.8 Å². The lowest BCUT2D eigenvalue weighted by atomic mass is 10.0. The minimum absolute atomic E-state index is 0.00741. The van der Waals surface area contributed by atoms with E-state index in [9.17, 15) is 9.59 Å². The number of carbonyl (C=O) groups excluding carboxylic acids is 2. The third-order valence-corrected chi connectivity index (χ3v) is 4.49. The van der Waals surface area contributed by atoms with Gasteiger partial charge in [-0.3, -0.25) is 9.59 Å². The van der Waals surface area contributed by atoms with E-state index in [0.717, 1.165) is 16.9 Å². The summed E-state index contributed by atoms with van der Waals surface area (Å²) in [6.07, 6.45) is 0.255. The van der Waals surface area contributed by atoms with Gasteiger partial charge in [0.15, 0.2) is 0 Å². The van der Waals surface area contributed by atoms with Gasteiger partial charge in [-0.05, 0) is 25.1 Å². The molecule has 1 unspecified atom stereocenters. The Labute approximate surface area is 147 Å². The largest absolute Gasteiger partial charge is 0.496 e. The summed E-state index contributed by atoms with van der Waals surface area (Å²) in [5, 5.41) is 0. The molecular weight excluding hydrogens is 316 g/mol. The molecule has 5 heteroatoms. The van der Waals surface area contributed by atoms with E-state index in [1.54, 1.807) is 23.8 Å². The van der Waals surface area contributed by atoms with Crippen LogP contribution in [0.3, 0.4) is 0 Å². The number of carbonyl (C=O) groups is 2. The van der Waals surface area contributed by atoms with Gasteiger partial charge in [0.1, 0.15) is 5.75 Å². The van der Waals surface area contributed by atoms with Gasteiger partial charge in [0, 0.05) is 19.0 Å². The van der Waals surface area contributed by atoms with E-state index < -0.39 is 0 Å².